The van der Waals surface area contributed by atoms with Gasteiger partial charge in [0.1, 0.15) is 11.9 Å². The summed E-state index contributed by atoms with van der Waals surface area (Å²) in [4.78, 5) is 33.3. The zero-order chi connectivity index (χ0) is 25.0. The number of rotatable bonds is 6. The SMILES string of the molecule is CC(C)(C)c1ccc(N(C(=O)C2CCCN2)C(C(=O)NC2CCCCC2)c2cncc(F)c2)cc1. The van der Waals surface area contributed by atoms with Crippen LogP contribution in [0.15, 0.2) is 42.7 Å². The van der Waals surface area contributed by atoms with Gasteiger partial charge >= 0.3 is 0 Å². The van der Waals surface area contributed by atoms with Crippen molar-refractivity contribution in [2.75, 3.05) is 11.4 Å². The standard InChI is InChI=1S/C28H37FN4O2/c1-28(2,3)20-11-13-23(14-12-20)33(27(35)24-10-7-15-31-24)25(19-16-21(29)18-30-17-19)26(34)32-22-8-5-4-6-9-22/h11-14,16-18,22,24-25,31H,4-10,15H2,1-3H3,(H,32,34). The third kappa shape index (κ3) is 6.07. The highest BCUT2D eigenvalue weighted by Gasteiger charge is 2.38. The summed E-state index contributed by atoms with van der Waals surface area (Å²) in [7, 11) is 0. The quantitative estimate of drug-likeness (QED) is 0.623. The Morgan fingerprint density at radius 3 is 2.37 bits per heavy atom. The van der Waals surface area contributed by atoms with E-state index in [1.807, 2.05) is 24.3 Å². The average Bonchev–Trinajstić information content (AvgIpc) is 3.37. The van der Waals surface area contributed by atoms with Crippen LogP contribution in [0.25, 0.3) is 0 Å². The van der Waals surface area contributed by atoms with Crippen LogP contribution in [-0.2, 0) is 15.0 Å². The fourth-order valence-electron chi connectivity index (χ4n) is 5.11. The van der Waals surface area contributed by atoms with Gasteiger partial charge in [0.2, 0.25) is 11.8 Å². The van der Waals surface area contributed by atoms with Gasteiger partial charge in [-0.25, -0.2) is 4.39 Å². The molecule has 6 nitrogen and oxygen atoms in total. The molecule has 2 atom stereocenters. The molecule has 2 unspecified atom stereocenters. The van der Waals surface area contributed by atoms with Crippen molar-refractivity contribution < 1.29 is 14.0 Å². The minimum Gasteiger partial charge on any atom is -0.351 e. The summed E-state index contributed by atoms with van der Waals surface area (Å²) >= 11 is 0. The highest BCUT2D eigenvalue weighted by Crippen LogP contribution is 2.32. The molecule has 4 rings (SSSR count). The number of carbonyl (C=O) groups is 2. The fraction of sp³-hybridized carbons (Fsp3) is 0.536. The van der Waals surface area contributed by atoms with E-state index < -0.39 is 11.9 Å². The summed E-state index contributed by atoms with van der Waals surface area (Å²) in [6, 6.07) is 7.74. The molecule has 1 aromatic heterocycles. The lowest BCUT2D eigenvalue weighted by Crippen LogP contribution is -2.51. The van der Waals surface area contributed by atoms with Gasteiger partial charge in [-0.15, -0.1) is 0 Å². The molecule has 1 aliphatic carbocycles. The van der Waals surface area contributed by atoms with E-state index in [4.69, 9.17) is 0 Å². The number of nitrogens with one attached hydrogen (secondary N) is 2. The van der Waals surface area contributed by atoms with Gasteiger partial charge < -0.3 is 10.6 Å². The average molecular weight is 481 g/mol. The number of pyridine rings is 1. The van der Waals surface area contributed by atoms with Crippen LogP contribution >= 0.6 is 0 Å². The van der Waals surface area contributed by atoms with Crippen molar-refractivity contribution in [3.63, 3.8) is 0 Å². The largest absolute Gasteiger partial charge is 0.351 e. The number of carbonyl (C=O) groups excluding carboxylic acids is 2. The predicted molar refractivity (Wildman–Crippen MR) is 136 cm³/mol. The van der Waals surface area contributed by atoms with Gasteiger partial charge in [0.25, 0.3) is 0 Å². The van der Waals surface area contributed by atoms with Crippen molar-refractivity contribution in [3.8, 4) is 0 Å². The molecule has 2 heterocycles. The molecule has 1 saturated heterocycles. The molecule has 2 fully saturated rings. The van der Waals surface area contributed by atoms with Crippen LogP contribution in [0.3, 0.4) is 0 Å². The molecular formula is C28H37FN4O2. The Morgan fingerprint density at radius 2 is 1.77 bits per heavy atom. The topological polar surface area (TPSA) is 74.3 Å². The number of nitrogens with zero attached hydrogens (tertiary/aromatic N) is 2. The number of anilines is 1. The number of hydrogen-bond acceptors (Lipinski definition) is 4. The van der Waals surface area contributed by atoms with E-state index >= 15 is 0 Å². The zero-order valence-electron chi connectivity index (χ0n) is 21.0. The lowest BCUT2D eigenvalue weighted by molar-refractivity contribution is -0.128. The maximum Gasteiger partial charge on any atom is 0.248 e. The number of halogens is 1. The van der Waals surface area contributed by atoms with Crippen molar-refractivity contribution in [2.24, 2.45) is 0 Å². The van der Waals surface area contributed by atoms with Crippen LogP contribution in [0.5, 0.6) is 0 Å². The van der Waals surface area contributed by atoms with Crippen LogP contribution in [0.4, 0.5) is 10.1 Å². The molecule has 7 heteroatoms. The van der Waals surface area contributed by atoms with E-state index in [1.54, 1.807) is 4.90 Å². The summed E-state index contributed by atoms with van der Waals surface area (Å²) in [6.45, 7) is 7.15. The van der Waals surface area contributed by atoms with Crippen molar-refractivity contribution in [1.29, 1.82) is 0 Å². The second-order valence-corrected chi connectivity index (χ2v) is 10.8. The van der Waals surface area contributed by atoms with Crippen LogP contribution in [0.2, 0.25) is 0 Å². The summed E-state index contributed by atoms with van der Waals surface area (Å²) in [6.07, 6.45) is 9.34. The normalized spacial score (nSPS) is 19.8. The van der Waals surface area contributed by atoms with E-state index in [2.05, 4.69) is 36.4 Å². The molecule has 1 saturated carbocycles. The molecule has 0 spiro atoms. The van der Waals surface area contributed by atoms with Gasteiger partial charge in [-0.1, -0.05) is 52.2 Å². The van der Waals surface area contributed by atoms with Crippen molar-refractivity contribution in [3.05, 3.63) is 59.7 Å². The smallest absolute Gasteiger partial charge is 0.248 e. The Bertz CT molecular complexity index is 1020. The minimum atomic E-state index is -1.02. The van der Waals surface area contributed by atoms with Crippen LogP contribution < -0.4 is 15.5 Å². The van der Waals surface area contributed by atoms with Crippen molar-refractivity contribution in [1.82, 2.24) is 15.6 Å². The van der Waals surface area contributed by atoms with Crippen LogP contribution in [0.1, 0.15) is 82.9 Å². The zero-order valence-corrected chi connectivity index (χ0v) is 21.0. The Kier molecular flexibility index (Phi) is 7.85. The molecule has 0 radical (unpaired) electrons. The van der Waals surface area contributed by atoms with Crippen molar-refractivity contribution in [2.45, 2.75) is 89.3 Å². The van der Waals surface area contributed by atoms with Crippen molar-refractivity contribution >= 4 is 17.5 Å². The van der Waals surface area contributed by atoms with Gasteiger partial charge in [0.05, 0.1) is 12.2 Å². The predicted octanol–water partition coefficient (Wildman–Crippen LogP) is 4.79. The molecular weight excluding hydrogens is 443 g/mol. The van der Waals surface area contributed by atoms with Gasteiger partial charge in [-0.2, -0.15) is 0 Å². The molecule has 2 aliphatic rings. The molecule has 2 amide bonds. The highest BCUT2D eigenvalue weighted by atomic mass is 19.1. The second-order valence-electron chi connectivity index (χ2n) is 10.8. The molecule has 0 bridgehead atoms. The van der Waals surface area contributed by atoms with E-state index in [0.29, 0.717) is 17.7 Å². The van der Waals surface area contributed by atoms with E-state index in [9.17, 15) is 14.0 Å². The summed E-state index contributed by atoms with van der Waals surface area (Å²) in [5.74, 6) is -1.01. The maximum absolute atomic E-state index is 14.3. The lowest BCUT2D eigenvalue weighted by atomic mass is 9.87. The monoisotopic (exact) mass is 480 g/mol. The molecule has 1 aliphatic heterocycles. The summed E-state index contributed by atoms with van der Waals surface area (Å²) in [5, 5.41) is 6.43. The van der Waals surface area contributed by atoms with E-state index in [0.717, 1.165) is 50.4 Å². The first kappa shape index (κ1) is 25.3. The Hall–Kier alpha value is -2.80. The summed E-state index contributed by atoms with van der Waals surface area (Å²) in [5.41, 5.74) is 2.06. The third-order valence-corrected chi connectivity index (χ3v) is 7.11. The third-order valence-electron chi connectivity index (χ3n) is 7.11. The Morgan fingerprint density at radius 1 is 1.06 bits per heavy atom. The number of hydrogen-bond donors (Lipinski definition) is 2. The molecule has 35 heavy (non-hydrogen) atoms. The molecule has 1 aromatic carbocycles. The number of benzene rings is 1. The first-order chi connectivity index (χ1) is 16.7. The first-order valence-electron chi connectivity index (χ1n) is 12.8. The van der Waals surface area contributed by atoms with Crippen LogP contribution in [-0.4, -0.2) is 35.4 Å². The molecule has 188 valence electrons. The highest BCUT2D eigenvalue weighted by molar-refractivity contribution is 6.03. The van der Waals surface area contributed by atoms with Gasteiger partial charge in [-0.05, 0) is 61.4 Å². The van der Waals surface area contributed by atoms with Gasteiger partial charge in [0, 0.05) is 23.5 Å². The Labute approximate surface area is 207 Å². The first-order valence-corrected chi connectivity index (χ1v) is 12.8. The minimum absolute atomic E-state index is 0.0510. The number of aromatic nitrogens is 1. The molecule has 2 aromatic rings. The second kappa shape index (κ2) is 10.9. The van der Waals surface area contributed by atoms with Gasteiger partial charge in [0.15, 0.2) is 0 Å². The molecule has 2 N–H and O–H groups in total. The van der Waals surface area contributed by atoms with Gasteiger partial charge in [-0.3, -0.25) is 19.5 Å². The maximum atomic E-state index is 14.3. The fourth-order valence-corrected chi connectivity index (χ4v) is 5.11. The van der Waals surface area contributed by atoms with Crippen LogP contribution in [0, 0.1) is 5.82 Å². The number of amides is 2. The summed E-state index contributed by atoms with van der Waals surface area (Å²) < 4.78 is 14.3. The van der Waals surface area contributed by atoms with E-state index in [1.165, 1.54) is 18.7 Å². The Balaban J connectivity index is 1.76. The van der Waals surface area contributed by atoms with E-state index in [-0.39, 0.29) is 29.3 Å². The lowest BCUT2D eigenvalue weighted by Gasteiger charge is -2.35.